The van der Waals surface area contributed by atoms with Gasteiger partial charge in [-0.05, 0) is 42.7 Å². The summed E-state index contributed by atoms with van der Waals surface area (Å²) in [7, 11) is 0. The molecule has 0 radical (unpaired) electrons. The normalized spacial score (nSPS) is 12.5. The van der Waals surface area contributed by atoms with Crippen LogP contribution in [0.2, 0.25) is 0 Å². The highest BCUT2D eigenvalue weighted by molar-refractivity contribution is 7.98. The minimum Gasteiger partial charge on any atom is -0.344 e. The molecule has 27 heavy (non-hydrogen) atoms. The number of nitrogens with zero attached hydrogens (tertiary/aromatic N) is 6. The minimum atomic E-state index is -0.225. The van der Waals surface area contributed by atoms with E-state index in [0.717, 1.165) is 34.7 Å². The van der Waals surface area contributed by atoms with Crippen molar-refractivity contribution in [2.75, 3.05) is 12.0 Å². The first-order valence-electron chi connectivity index (χ1n) is 8.62. The molecule has 4 aromatic rings. The van der Waals surface area contributed by atoms with E-state index in [4.69, 9.17) is 0 Å². The Kier molecular flexibility index (Phi) is 5.01. The van der Waals surface area contributed by atoms with E-state index < -0.39 is 0 Å². The van der Waals surface area contributed by atoms with Crippen molar-refractivity contribution < 1.29 is 4.79 Å². The highest BCUT2D eigenvalue weighted by atomic mass is 32.2. The van der Waals surface area contributed by atoms with Crippen molar-refractivity contribution in [1.82, 2.24) is 34.9 Å². The lowest BCUT2D eigenvalue weighted by molar-refractivity contribution is -0.122. The summed E-state index contributed by atoms with van der Waals surface area (Å²) in [5.41, 5.74) is 2.37. The number of thioether (sulfide) groups is 1. The first-order chi connectivity index (χ1) is 13.3. The van der Waals surface area contributed by atoms with Crippen molar-refractivity contribution in [3.05, 3.63) is 54.5 Å². The monoisotopic (exact) mass is 381 g/mol. The topological polar surface area (TPSA) is 90.0 Å². The summed E-state index contributed by atoms with van der Waals surface area (Å²) in [6.45, 7) is 0.104. The van der Waals surface area contributed by atoms with Crippen LogP contribution in [0.25, 0.3) is 16.7 Å². The van der Waals surface area contributed by atoms with Crippen LogP contribution in [0.1, 0.15) is 18.3 Å². The lowest BCUT2D eigenvalue weighted by Crippen LogP contribution is -2.33. The van der Waals surface area contributed by atoms with E-state index in [1.54, 1.807) is 16.4 Å². The Balaban J connectivity index is 1.55. The molecular weight excluding hydrogens is 362 g/mol. The van der Waals surface area contributed by atoms with Crippen LogP contribution in [0, 0.1) is 0 Å². The maximum Gasteiger partial charge on any atom is 0.242 e. The summed E-state index contributed by atoms with van der Waals surface area (Å²) < 4.78 is 3.52. The Morgan fingerprint density at radius 3 is 2.89 bits per heavy atom. The highest BCUT2D eigenvalue weighted by Crippen LogP contribution is 2.18. The third-order valence-electron chi connectivity index (χ3n) is 4.31. The Morgan fingerprint density at radius 1 is 1.15 bits per heavy atom. The number of amides is 1. The molecular formula is C18H19N7OS. The molecule has 1 amide bonds. The van der Waals surface area contributed by atoms with E-state index in [1.807, 2.05) is 59.3 Å². The average Bonchev–Trinajstić information content (AvgIpc) is 3.30. The maximum absolute atomic E-state index is 12.7. The zero-order valence-electron chi connectivity index (χ0n) is 14.8. The molecule has 1 N–H and O–H groups in total. The first kappa shape index (κ1) is 17.5. The molecule has 0 fully saturated rings. The predicted octanol–water partition coefficient (Wildman–Crippen LogP) is 2.08. The summed E-state index contributed by atoms with van der Waals surface area (Å²) >= 11 is 1.73. The van der Waals surface area contributed by atoms with Gasteiger partial charge in [-0.1, -0.05) is 23.4 Å². The average molecular weight is 381 g/mol. The third kappa shape index (κ3) is 3.63. The summed E-state index contributed by atoms with van der Waals surface area (Å²) in [4.78, 5) is 12.7. The van der Waals surface area contributed by atoms with E-state index in [9.17, 15) is 4.79 Å². The van der Waals surface area contributed by atoms with Crippen molar-refractivity contribution in [2.45, 2.75) is 19.0 Å². The van der Waals surface area contributed by atoms with Gasteiger partial charge in [0.25, 0.3) is 0 Å². The molecule has 4 rings (SSSR count). The van der Waals surface area contributed by atoms with Crippen molar-refractivity contribution in [2.24, 2.45) is 0 Å². The molecule has 3 aromatic heterocycles. The number of nitrogens with one attached hydrogen (secondary N) is 1. The van der Waals surface area contributed by atoms with E-state index >= 15 is 0 Å². The summed E-state index contributed by atoms with van der Waals surface area (Å²) in [6, 6.07) is 13.1. The van der Waals surface area contributed by atoms with Gasteiger partial charge in [0, 0.05) is 6.20 Å². The molecule has 0 saturated heterocycles. The van der Waals surface area contributed by atoms with Crippen LogP contribution in [0.15, 0.2) is 48.7 Å². The Labute approximate surface area is 160 Å². The van der Waals surface area contributed by atoms with Crippen molar-refractivity contribution in [3.63, 3.8) is 0 Å². The lowest BCUT2D eigenvalue weighted by atomic mass is 10.2. The first-order valence-corrected chi connectivity index (χ1v) is 10.0. The molecule has 8 nitrogen and oxygen atoms in total. The van der Waals surface area contributed by atoms with Gasteiger partial charge in [-0.3, -0.25) is 9.20 Å². The zero-order chi connectivity index (χ0) is 18.6. The number of carbonyl (C=O) groups excluding carboxylic acids is 1. The molecule has 1 atom stereocenters. The van der Waals surface area contributed by atoms with Crippen LogP contribution in [0.5, 0.6) is 0 Å². The number of hydrogen-bond donors (Lipinski definition) is 1. The third-order valence-corrected chi connectivity index (χ3v) is 4.96. The fourth-order valence-corrected chi connectivity index (χ4v) is 3.48. The quantitative estimate of drug-likeness (QED) is 0.527. The van der Waals surface area contributed by atoms with Crippen LogP contribution in [-0.4, -0.2) is 47.5 Å². The fourth-order valence-electron chi connectivity index (χ4n) is 3.01. The second-order valence-corrected chi connectivity index (χ2v) is 7.11. The fraction of sp³-hybridized carbons (Fsp3) is 0.278. The molecule has 0 spiro atoms. The van der Waals surface area contributed by atoms with Gasteiger partial charge in [-0.25, -0.2) is 4.68 Å². The molecule has 0 bridgehead atoms. The number of fused-ring (bicyclic) bond motifs is 2. The highest BCUT2D eigenvalue weighted by Gasteiger charge is 2.20. The van der Waals surface area contributed by atoms with Gasteiger partial charge in [0.2, 0.25) is 5.91 Å². The molecule has 0 aliphatic rings. The van der Waals surface area contributed by atoms with Gasteiger partial charge in [0.1, 0.15) is 12.1 Å². The predicted molar refractivity (Wildman–Crippen MR) is 104 cm³/mol. The van der Waals surface area contributed by atoms with Crippen LogP contribution < -0.4 is 5.32 Å². The summed E-state index contributed by atoms with van der Waals surface area (Å²) in [6.07, 6.45) is 4.72. The Bertz CT molecular complexity index is 1070. The molecule has 0 aliphatic heterocycles. The molecule has 0 saturated carbocycles. The van der Waals surface area contributed by atoms with E-state index in [0.29, 0.717) is 0 Å². The molecule has 138 valence electrons. The van der Waals surface area contributed by atoms with Crippen molar-refractivity contribution in [3.8, 4) is 0 Å². The second kappa shape index (κ2) is 7.75. The van der Waals surface area contributed by atoms with E-state index in [-0.39, 0.29) is 18.5 Å². The van der Waals surface area contributed by atoms with Gasteiger partial charge in [-0.15, -0.1) is 15.3 Å². The van der Waals surface area contributed by atoms with Gasteiger partial charge >= 0.3 is 0 Å². The van der Waals surface area contributed by atoms with E-state index in [1.165, 1.54) is 0 Å². The van der Waals surface area contributed by atoms with Gasteiger partial charge in [0.15, 0.2) is 11.5 Å². The van der Waals surface area contributed by atoms with Crippen LogP contribution in [-0.2, 0) is 11.3 Å². The van der Waals surface area contributed by atoms with Crippen LogP contribution in [0.4, 0.5) is 0 Å². The zero-order valence-corrected chi connectivity index (χ0v) is 15.6. The molecule has 1 aromatic carbocycles. The molecule has 0 aliphatic carbocycles. The minimum absolute atomic E-state index is 0.104. The number of hydrogen-bond acceptors (Lipinski definition) is 6. The molecule has 3 heterocycles. The number of benzene rings is 1. The van der Waals surface area contributed by atoms with Crippen LogP contribution >= 0.6 is 11.8 Å². The van der Waals surface area contributed by atoms with E-state index in [2.05, 4.69) is 25.8 Å². The van der Waals surface area contributed by atoms with Gasteiger partial charge < -0.3 is 5.32 Å². The van der Waals surface area contributed by atoms with Gasteiger partial charge in [-0.2, -0.15) is 11.8 Å². The Hall–Kier alpha value is -2.94. The van der Waals surface area contributed by atoms with Crippen molar-refractivity contribution in [1.29, 1.82) is 0 Å². The largest absolute Gasteiger partial charge is 0.344 e. The summed E-state index contributed by atoms with van der Waals surface area (Å²) in [5.74, 6) is 1.50. The van der Waals surface area contributed by atoms with Gasteiger partial charge in [0.05, 0.1) is 11.6 Å². The summed E-state index contributed by atoms with van der Waals surface area (Å²) in [5, 5.41) is 19.8. The number of rotatable bonds is 7. The van der Waals surface area contributed by atoms with Crippen molar-refractivity contribution >= 4 is 34.3 Å². The number of carbonyl (C=O) groups is 1. The number of pyridine rings is 1. The van der Waals surface area contributed by atoms with Crippen LogP contribution in [0.3, 0.4) is 0 Å². The smallest absolute Gasteiger partial charge is 0.242 e. The lowest BCUT2D eigenvalue weighted by Gasteiger charge is -2.17. The Morgan fingerprint density at radius 2 is 2.00 bits per heavy atom. The SMILES string of the molecule is CSCCC(NC(=O)Cn1nnc2ccccc21)c1nnc2ccccn12. The molecule has 1 unspecified atom stereocenters. The standard InChI is InChI=1S/C18H19N7OS/c1-27-11-9-14(18-22-21-16-8-4-5-10-24(16)18)19-17(26)12-25-15-7-3-2-6-13(15)20-23-25/h2-8,10,14H,9,11-12H2,1H3,(H,19,26). The maximum atomic E-state index is 12.7. The number of aromatic nitrogens is 6. The number of para-hydroxylation sites is 1. The second-order valence-electron chi connectivity index (χ2n) is 6.12. The molecule has 9 heteroatoms.